The van der Waals surface area contributed by atoms with Crippen LogP contribution in [0.25, 0.3) is 33.7 Å². The molecule has 0 bridgehead atoms. The molecule has 51 heavy (non-hydrogen) atoms. The average Bonchev–Trinajstić information content (AvgIpc) is 3.18. The maximum absolute atomic E-state index is 2.43. The van der Waals surface area contributed by atoms with Gasteiger partial charge in [-0.3, -0.25) is 0 Å². The first-order valence-electron chi connectivity index (χ1n) is 17.7. The topological polar surface area (TPSA) is 6.48 Å². The number of hydrogen-bond acceptors (Lipinski definition) is 2. The summed E-state index contributed by atoms with van der Waals surface area (Å²) in [5.41, 5.74) is 11.9. The van der Waals surface area contributed by atoms with E-state index in [1.807, 2.05) is 0 Å². The van der Waals surface area contributed by atoms with E-state index >= 15 is 0 Å². The highest BCUT2D eigenvalue weighted by Crippen LogP contribution is 2.52. The normalized spacial score (nSPS) is 13.3. The smallest absolute Gasteiger partial charge is 0.0503 e. The predicted octanol–water partition coefficient (Wildman–Crippen LogP) is 13.7. The molecule has 0 unspecified atom stereocenters. The van der Waals surface area contributed by atoms with E-state index < -0.39 is 0 Å². The van der Waals surface area contributed by atoms with Crippen LogP contribution in [-0.2, 0) is 5.41 Å². The van der Waals surface area contributed by atoms with Gasteiger partial charge in [0.2, 0.25) is 0 Å². The van der Waals surface area contributed by atoms with E-state index in [0.717, 1.165) is 17.1 Å². The van der Waals surface area contributed by atoms with Crippen molar-refractivity contribution < 1.29 is 0 Å². The Morgan fingerprint density at radius 1 is 0.412 bits per heavy atom. The molecule has 0 aromatic heterocycles. The number of anilines is 6. The van der Waals surface area contributed by atoms with Gasteiger partial charge in [-0.1, -0.05) is 135 Å². The van der Waals surface area contributed by atoms with Crippen molar-refractivity contribution >= 4 is 67.8 Å². The van der Waals surface area contributed by atoms with Crippen molar-refractivity contribution in [3.8, 4) is 0 Å². The number of nitrogens with zero attached hydrogens (tertiary/aromatic N) is 2. The zero-order valence-corrected chi connectivity index (χ0v) is 28.9. The monoisotopic (exact) mass is 654 g/mol. The quantitative estimate of drug-likeness (QED) is 0.165. The lowest BCUT2D eigenvalue weighted by Crippen LogP contribution is -2.30. The number of hydrogen-bond donors (Lipinski definition) is 0. The van der Waals surface area contributed by atoms with Crippen LogP contribution >= 0.6 is 0 Å². The van der Waals surface area contributed by atoms with Gasteiger partial charge in [-0.05, 0) is 117 Å². The maximum Gasteiger partial charge on any atom is 0.0503 e. The van der Waals surface area contributed by atoms with E-state index in [1.54, 1.807) is 0 Å². The fourth-order valence-electron chi connectivity index (χ4n) is 7.71. The number of rotatable bonds is 6. The summed E-state index contributed by atoms with van der Waals surface area (Å²) in [6, 6.07) is 65.8. The molecule has 2 nitrogen and oxygen atoms in total. The first kappa shape index (κ1) is 30.7. The number of para-hydroxylation sites is 3. The summed E-state index contributed by atoms with van der Waals surface area (Å²) in [6.45, 7) is 4.70. The van der Waals surface area contributed by atoms with E-state index in [9.17, 15) is 0 Å². The Hall–Kier alpha value is -6.38. The van der Waals surface area contributed by atoms with Crippen LogP contribution in [0.3, 0.4) is 0 Å². The molecular weight excluding hydrogens is 617 g/mol. The maximum atomic E-state index is 2.43. The molecule has 0 aliphatic carbocycles. The molecule has 0 N–H and O–H groups in total. The van der Waals surface area contributed by atoms with Crippen LogP contribution in [0.15, 0.2) is 182 Å². The van der Waals surface area contributed by atoms with Crippen molar-refractivity contribution in [2.24, 2.45) is 0 Å². The Morgan fingerprint density at radius 3 is 1.73 bits per heavy atom. The van der Waals surface area contributed by atoms with Gasteiger partial charge in [0, 0.05) is 28.2 Å². The van der Waals surface area contributed by atoms with Gasteiger partial charge in [-0.25, -0.2) is 0 Å². The van der Waals surface area contributed by atoms with Crippen molar-refractivity contribution in [1.82, 2.24) is 0 Å². The summed E-state index contributed by atoms with van der Waals surface area (Å²) in [5, 5.41) is 4.93. The van der Waals surface area contributed by atoms with Crippen LogP contribution in [-0.4, -0.2) is 0 Å². The Kier molecular flexibility index (Phi) is 7.51. The van der Waals surface area contributed by atoms with Gasteiger partial charge in [-0.2, -0.15) is 0 Å². The second-order valence-corrected chi connectivity index (χ2v) is 13.9. The Morgan fingerprint density at radius 2 is 0.961 bits per heavy atom. The van der Waals surface area contributed by atoms with Gasteiger partial charge in [0.25, 0.3) is 0 Å². The second-order valence-electron chi connectivity index (χ2n) is 13.9. The van der Waals surface area contributed by atoms with Crippen LogP contribution in [0.4, 0.5) is 34.1 Å². The summed E-state index contributed by atoms with van der Waals surface area (Å²) >= 11 is 0. The molecule has 0 saturated carbocycles. The van der Waals surface area contributed by atoms with Crippen LogP contribution < -0.4 is 9.80 Å². The minimum atomic E-state index is -0.156. The fourth-order valence-corrected chi connectivity index (χ4v) is 7.71. The minimum absolute atomic E-state index is 0.156. The van der Waals surface area contributed by atoms with Gasteiger partial charge in [0.15, 0.2) is 0 Å². The molecule has 9 rings (SSSR count). The Balaban J connectivity index is 1.05. The molecule has 1 aliphatic heterocycles. The molecule has 1 aliphatic rings. The van der Waals surface area contributed by atoms with Gasteiger partial charge in [0.05, 0.1) is 11.4 Å². The van der Waals surface area contributed by atoms with Crippen LogP contribution in [0, 0.1) is 0 Å². The highest BCUT2D eigenvalue weighted by Gasteiger charge is 2.36. The number of fused-ring (bicyclic) bond motifs is 4. The fraction of sp³-hybridized carbons (Fsp3) is 0.0612. The van der Waals surface area contributed by atoms with Crippen molar-refractivity contribution in [3.63, 3.8) is 0 Å². The molecule has 1 heterocycles. The minimum Gasteiger partial charge on any atom is -0.310 e. The van der Waals surface area contributed by atoms with E-state index in [0.29, 0.717) is 0 Å². The van der Waals surface area contributed by atoms with Crippen molar-refractivity contribution in [2.75, 3.05) is 9.80 Å². The Labute approximate surface area is 300 Å². The van der Waals surface area contributed by atoms with Crippen molar-refractivity contribution in [1.29, 1.82) is 0 Å². The molecule has 0 saturated heterocycles. The van der Waals surface area contributed by atoms with Crippen molar-refractivity contribution in [3.05, 3.63) is 204 Å². The molecular formula is C49H38N2. The largest absolute Gasteiger partial charge is 0.310 e. The molecule has 244 valence electrons. The molecule has 0 radical (unpaired) electrons. The molecule has 0 atom stereocenters. The summed E-state index contributed by atoms with van der Waals surface area (Å²) in [5.74, 6) is 0. The summed E-state index contributed by atoms with van der Waals surface area (Å²) in [4.78, 5) is 4.74. The number of benzene rings is 8. The third-order valence-corrected chi connectivity index (χ3v) is 10.3. The lowest BCUT2D eigenvalue weighted by atomic mass is 9.73. The van der Waals surface area contributed by atoms with Gasteiger partial charge in [-0.15, -0.1) is 0 Å². The zero-order chi connectivity index (χ0) is 34.4. The second kappa shape index (κ2) is 12.5. The average molecular weight is 655 g/mol. The standard InChI is InChI=1S/C49H38N2/c1-49(2)45-19-11-12-20-47(45)51(44-28-26-37-13-9-10-14-38(37)33-44)48-30-24-36(32-46(48)49)22-21-35-23-25-40-34-43(29-27-39(40)31-35)50(41-15-5-3-6-16-41)42-17-7-4-8-18-42/h3-34H,1-2H3/b22-21+. The molecule has 0 amide bonds. The first-order valence-corrected chi connectivity index (χ1v) is 17.7. The highest BCUT2D eigenvalue weighted by molar-refractivity contribution is 5.94. The van der Waals surface area contributed by atoms with E-state index in [-0.39, 0.29) is 5.41 Å². The molecule has 2 heteroatoms. The Bertz CT molecular complexity index is 2530. The van der Waals surface area contributed by atoms with E-state index in [4.69, 9.17) is 0 Å². The van der Waals surface area contributed by atoms with Gasteiger partial charge >= 0.3 is 0 Å². The summed E-state index contributed by atoms with van der Waals surface area (Å²) < 4.78 is 0. The van der Waals surface area contributed by atoms with E-state index in [1.165, 1.54) is 60.9 Å². The van der Waals surface area contributed by atoms with Crippen LogP contribution in [0.1, 0.15) is 36.1 Å². The van der Waals surface area contributed by atoms with Gasteiger partial charge < -0.3 is 9.80 Å². The first-order chi connectivity index (χ1) is 25.0. The highest BCUT2D eigenvalue weighted by atomic mass is 15.2. The molecule has 8 aromatic carbocycles. The van der Waals surface area contributed by atoms with Crippen LogP contribution in [0.2, 0.25) is 0 Å². The SMILES string of the molecule is CC1(C)c2ccccc2N(c2ccc3ccccc3c2)c2ccc(/C=C/c3ccc4cc(N(c5ccccc5)c5ccccc5)ccc4c3)cc21. The predicted molar refractivity (Wildman–Crippen MR) is 218 cm³/mol. The third kappa shape index (κ3) is 5.56. The van der Waals surface area contributed by atoms with Crippen molar-refractivity contribution in [2.45, 2.75) is 19.3 Å². The van der Waals surface area contributed by atoms with Gasteiger partial charge in [0.1, 0.15) is 0 Å². The molecule has 8 aromatic rings. The summed E-state index contributed by atoms with van der Waals surface area (Å²) in [6.07, 6.45) is 4.49. The third-order valence-electron chi connectivity index (χ3n) is 10.3. The van der Waals surface area contributed by atoms with Crippen LogP contribution in [0.5, 0.6) is 0 Å². The summed E-state index contributed by atoms with van der Waals surface area (Å²) in [7, 11) is 0. The molecule has 0 spiro atoms. The lowest BCUT2D eigenvalue weighted by Gasteiger charge is -2.42. The van der Waals surface area contributed by atoms with E-state index in [2.05, 4.69) is 218 Å². The molecule has 0 fully saturated rings. The lowest BCUT2D eigenvalue weighted by molar-refractivity contribution is 0.632. The zero-order valence-electron chi connectivity index (χ0n) is 28.9.